The van der Waals surface area contributed by atoms with Gasteiger partial charge in [0.1, 0.15) is 0 Å². The lowest BCUT2D eigenvalue weighted by molar-refractivity contribution is 0.174. The zero-order chi connectivity index (χ0) is 19.5. The van der Waals surface area contributed by atoms with Crippen LogP contribution in [-0.2, 0) is 6.54 Å². The summed E-state index contributed by atoms with van der Waals surface area (Å²) in [4.78, 5) is 4.47. The summed E-state index contributed by atoms with van der Waals surface area (Å²) < 4.78 is 15.1. The molecule has 3 aromatic rings. The van der Waals surface area contributed by atoms with Crippen LogP contribution < -0.4 is 20.1 Å². The number of hydrogen-bond donors (Lipinski definition) is 2. The minimum Gasteiger partial charge on any atom is -0.454 e. The van der Waals surface area contributed by atoms with Crippen LogP contribution in [0, 0.1) is 0 Å². The van der Waals surface area contributed by atoms with Gasteiger partial charge in [-0.15, -0.1) is 0 Å². The Kier molecular flexibility index (Phi) is 5.57. The maximum absolute atomic E-state index is 6.03. The molecule has 0 radical (unpaired) electrons. The van der Waals surface area contributed by atoms with Crippen LogP contribution in [0.1, 0.15) is 18.3 Å². The number of nitrogens with zero attached hydrogens (tertiary/aromatic N) is 2. The quantitative estimate of drug-likeness (QED) is 0.536. The van der Waals surface area contributed by atoms with Crippen LogP contribution in [0.3, 0.4) is 0 Å². The van der Waals surface area contributed by atoms with Crippen LogP contribution in [0.5, 0.6) is 11.5 Å². The van der Waals surface area contributed by atoms with Crippen molar-refractivity contribution in [2.45, 2.75) is 13.5 Å². The fraction of sp³-hybridized carbons (Fsp3) is 0.158. The Morgan fingerprint density at radius 2 is 2.00 bits per heavy atom. The number of benzene rings is 2. The zero-order valence-corrected chi connectivity index (χ0v) is 17.2. The number of halogens is 2. The number of anilines is 2. The molecular weight excluding hydrogens is 419 g/mol. The summed E-state index contributed by atoms with van der Waals surface area (Å²) in [5.74, 6) is 2.19. The van der Waals surface area contributed by atoms with Crippen molar-refractivity contribution in [3.63, 3.8) is 0 Å². The van der Waals surface area contributed by atoms with Crippen LogP contribution in [0.4, 0.5) is 10.8 Å². The van der Waals surface area contributed by atoms with Gasteiger partial charge in [0, 0.05) is 35.5 Å². The minimum atomic E-state index is 0.277. The standard InChI is InChI=1S/C19H16Cl2N4O2S/c1-11(22-9-12-2-5-16-17(7-12)27-10-26-16)6-18-24-19(28-25-18)23-13-3-4-14(20)15(21)8-13/h2-8,22H,9-10H2,1H3,(H,23,24,25)/b11-6+. The molecule has 6 nitrogen and oxygen atoms in total. The Hall–Kier alpha value is -2.48. The summed E-state index contributed by atoms with van der Waals surface area (Å²) in [6, 6.07) is 11.2. The van der Waals surface area contributed by atoms with E-state index in [2.05, 4.69) is 20.0 Å². The summed E-state index contributed by atoms with van der Waals surface area (Å²) in [7, 11) is 0. The number of rotatable bonds is 6. The Bertz CT molecular complexity index is 1040. The number of allylic oxidation sites excluding steroid dienone is 1. The molecule has 1 aliphatic rings. The normalized spacial score (nSPS) is 12.9. The summed E-state index contributed by atoms with van der Waals surface area (Å²) in [6.07, 6.45) is 1.89. The summed E-state index contributed by atoms with van der Waals surface area (Å²) >= 11 is 13.2. The van der Waals surface area contributed by atoms with Gasteiger partial charge in [0.15, 0.2) is 17.3 Å². The summed E-state index contributed by atoms with van der Waals surface area (Å²) in [5, 5.41) is 8.19. The average molecular weight is 435 g/mol. The molecular formula is C19H16Cl2N4O2S. The van der Waals surface area contributed by atoms with Gasteiger partial charge in [-0.3, -0.25) is 0 Å². The van der Waals surface area contributed by atoms with Crippen molar-refractivity contribution in [1.29, 1.82) is 0 Å². The second-order valence-electron chi connectivity index (χ2n) is 6.08. The van der Waals surface area contributed by atoms with Crippen molar-refractivity contribution in [3.8, 4) is 11.5 Å². The number of ether oxygens (including phenoxy) is 2. The van der Waals surface area contributed by atoms with Gasteiger partial charge in [-0.2, -0.15) is 9.36 Å². The second kappa shape index (κ2) is 8.26. The molecule has 2 N–H and O–H groups in total. The van der Waals surface area contributed by atoms with Gasteiger partial charge in [-0.05, 0) is 42.8 Å². The first-order chi connectivity index (χ1) is 13.6. The SMILES string of the molecule is C/C(=C\c1nsc(Nc2ccc(Cl)c(Cl)c2)n1)NCc1ccc2c(c1)OCO2. The van der Waals surface area contributed by atoms with Crippen LogP contribution in [-0.4, -0.2) is 16.2 Å². The van der Waals surface area contributed by atoms with E-state index in [1.165, 1.54) is 11.5 Å². The van der Waals surface area contributed by atoms with Crippen molar-refractivity contribution >= 4 is 51.6 Å². The number of fused-ring (bicyclic) bond motifs is 1. The van der Waals surface area contributed by atoms with Gasteiger partial charge in [0.05, 0.1) is 10.0 Å². The Labute approximate surface area is 176 Å². The predicted molar refractivity (Wildman–Crippen MR) is 113 cm³/mol. The van der Waals surface area contributed by atoms with Crippen molar-refractivity contribution in [2.75, 3.05) is 12.1 Å². The fourth-order valence-corrected chi connectivity index (χ4v) is 3.45. The molecule has 0 saturated heterocycles. The topological polar surface area (TPSA) is 68.3 Å². The molecule has 9 heteroatoms. The lowest BCUT2D eigenvalue weighted by atomic mass is 10.2. The number of hydrogen-bond acceptors (Lipinski definition) is 7. The van der Waals surface area contributed by atoms with Crippen LogP contribution in [0.2, 0.25) is 10.0 Å². The molecule has 0 amide bonds. The Balaban J connectivity index is 1.36. The molecule has 2 aromatic carbocycles. The van der Waals surface area contributed by atoms with E-state index in [0.29, 0.717) is 27.5 Å². The molecule has 0 aliphatic carbocycles. The first-order valence-electron chi connectivity index (χ1n) is 8.43. The van der Waals surface area contributed by atoms with Crippen LogP contribution >= 0.6 is 34.7 Å². The molecule has 28 heavy (non-hydrogen) atoms. The predicted octanol–water partition coefficient (Wildman–Crippen LogP) is 5.47. The maximum Gasteiger partial charge on any atom is 0.231 e. The fourth-order valence-electron chi connectivity index (χ4n) is 2.58. The van der Waals surface area contributed by atoms with Gasteiger partial charge >= 0.3 is 0 Å². The number of nitrogens with one attached hydrogen (secondary N) is 2. The van der Waals surface area contributed by atoms with E-state index in [0.717, 1.165) is 28.4 Å². The van der Waals surface area contributed by atoms with E-state index in [-0.39, 0.29) is 6.79 Å². The van der Waals surface area contributed by atoms with E-state index >= 15 is 0 Å². The highest BCUT2D eigenvalue weighted by Crippen LogP contribution is 2.32. The third-order valence-corrected chi connectivity index (χ3v) is 5.35. The van der Waals surface area contributed by atoms with Crippen molar-refractivity contribution in [2.24, 2.45) is 0 Å². The molecule has 1 aromatic heterocycles. The minimum absolute atomic E-state index is 0.277. The largest absolute Gasteiger partial charge is 0.454 e. The van der Waals surface area contributed by atoms with Gasteiger partial charge in [0.25, 0.3) is 0 Å². The molecule has 0 fully saturated rings. The highest BCUT2D eigenvalue weighted by molar-refractivity contribution is 7.09. The first-order valence-corrected chi connectivity index (χ1v) is 9.96. The van der Waals surface area contributed by atoms with Crippen molar-refractivity contribution in [1.82, 2.24) is 14.7 Å². The van der Waals surface area contributed by atoms with Crippen LogP contribution in [0.15, 0.2) is 42.1 Å². The third kappa shape index (κ3) is 4.49. The summed E-state index contributed by atoms with van der Waals surface area (Å²) in [5.41, 5.74) is 2.86. The molecule has 0 atom stereocenters. The molecule has 1 aliphatic heterocycles. The Morgan fingerprint density at radius 1 is 1.14 bits per heavy atom. The molecule has 0 saturated carbocycles. The van der Waals surface area contributed by atoms with E-state index in [9.17, 15) is 0 Å². The van der Waals surface area contributed by atoms with Gasteiger partial charge in [-0.25, -0.2) is 0 Å². The van der Waals surface area contributed by atoms with Gasteiger partial charge < -0.3 is 20.1 Å². The summed E-state index contributed by atoms with van der Waals surface area (Å²) in [6.45, 7) is 2.91. The average Bonchev–Trinajstić information content (AvgIpc) is 3.32. The van der Waals surface area contributed by atoms with E-state index < -0.39 is 0 Å². The molecule has 4 rings (SSSR count). The lowest BCUT2D eigenvalue weighted by Gasteiger charge is -2.07. The second-order valence-corrected chi connectivity index (χ2v) is 7.65. The van der Waals surface area contributed by atoms with E-state index in [1.54, 1.807) is 12.1 Å². The van der Waals surface area contributed by atoms with Crippen molar-refractivity contribution in [3.05, 3.63) is 63.5 Å². The molecule has 0 spiro atoms. The first kappa shape index (κ1) is 18.9. The van der Waals surface area contributed by atoms with Crippen molar-refractivity contribution < 1.29 is 9.47 Å². The monoisotopic (exact) mass is 434 g/mol. The van der Waals surface area contributed by atoms with Crippen LogP contribution in [0.25, 0.3) is 6.08 Å². The zero-order valence-electron chi connectivity index (χ0n) is 14.8. The van der Waals surface area contributed by atoms with E-state index in [1.807, 2.05) is 37.3 Å². The lowest BCUT2D eigenvalue weighted by Crippen LogP contribution is -2.10. The smallest absolute Gasteiger partial charge is 0.231 e. The number of aromatic nitrogens is 2. The van der Waals surface area contributed by atoms with E-state index in [4.69, 9.17) is 32.7 Å². The highest BCUT2D eigenvalue weighted by Gasteiger charge is 2.13. The van der Waals surface area contributed by atoms with Gasteiger partial charge in [0.2, 0.25) is 11.9 Å². The third-order valence-electron chi connectivity index (χ3n) is 3.97. The molecule has 2 heterocycles. The molecule has 0 bridgehead atoms. The maximum atomic E-state index is 6.03. The Morgan fingerprint density at radius 3 is 2.86 bits per heavy atom. The molecule has 144 valence electrons. The molecule has 0 unspecified atom stereocenters. The van der Waals surface area contributed by atoms with Gasteiger partial charge in [-0.1, -0.05) is 29.3 Å². The highest BCUT2D eigenvalue weighted by atomic mass is 35.5.